The summed E-state index contributed by atoms with van der Waals surface area (Å²) >= 11 is 1.65. The highest BCUT2D eigenvalue weighted by atomic mass is 32.1. The number of benzene rings is 3. The number of piperidine rings is 1. The Bertz CT molecular complexity index is 1410. The normalized spacial score (nSPS) is 13.9. The number of fused-ring (bicyclic) bond motifs is 1. The minimum atomic E-state index is -0.0592. The average Bonchev–Trinajstić information content (AvgIpc) is 3.34. The van der Waals surface area contributed by atoms with Crippen LogP contribution >= 0.6 is 11.3 Å². The van der Waals surface area contributed by atoms with Gasteiger partial charge in [0.15, 0.2) is 5.75 Å². The number of carbonyl (C=O) groups is 1. The average molecular weight is 559 g/mol. The van der Waals surface area contributed by atoms with Gasteiger partial charge >= 0.3 is 0 Å². The van der Waals surface area contributed by atoms with Crippen molar-refractivity contribution in [1.82, 2.24) is 10.2 Å². The molecule has 2 heterocycles. The van der Waals surface area contributed by atoms with Gasteiger partial charge in [0.25, 0.3) is 5.91 Å². The second kappa shape index (κ2) is 13.2. The molecule has 0 aliphatic carbocycles. The molecule has 1 N–H and O–H groups in total. The predicted molar refractivity (Wildman–Crippen MR) is 163 cm³/mol. The van der Waals surface area contributed by atoms with Gasteiger partial charge in [0.1, 0.15) is 23.9 Å². The molecule has 5 rings (SSSR count). The number of ether oxygens (including phenoxy) is 3. The monoisotopic (exact) mass is 558 g/mol. The molecular formula is C33H38N2O4S. The van der Waals surface area contributed by atoms with Crippen molar-refractivity contribution in [1.29, 1.82) is 0 Å². The quantitative estimate of drug-likeness (QED) is 0.205. The van der Waals surface area contributed by atoms with Crippen LogP contribution in [-0.2, 0) is 0 Å². The highest BCUT2D eigenvalue weighted by Crippen LogP contribution is 2.47. The number of hydrogen-bond acceptors (Lipinski definition) is 6. The van der Waals surface area contributed by atoms with Crippen molar-refractivity contribution in [2.24, 2.45) is 5.92 Å². The molecule has 0 bridgehead atoms. The summed E-state index contributed by atoms with van der Waals surface area (Å²) in [5.41, 5.74) is 1.64. The van der Waals surface area contributed by atoms with E-state index in [9.17, 15) is 4.79 Å². The van der Waals surface area contributed by atoms with Crippen molar-refractivity contribution in [3.05, 3.63) is 72.3 Å². The number of likely N-dealkylation sites (tertiary alicyclic amines) is 1. The van der Waals surface area contributed by atoms with Crippen LogP contribution in [0.5, 0.6) is 23.0 Å². The van der Waals surface area contributed by atoms with Crippen LogP contribution in [-0.4, -0.2) is 50.7 Å². The van der Waals surface area contributed by atoms with E-state index in [0.29, 0.717) is 24.6 Å². The number of carbonyl (C=O) groups excluding carboxylic acids is 1. The molecule has 1 aromatic heterocycles. The first-order valence-corrected chi connectivity index (χ1v) is 14.9. The molecule has 1 aliphatic heterocycles. The maximum Gasteiger partial charge on any atom is 0.251 e. The molecule has 1 amide bonds. The molecule has 0 radical (unpaired) electrons. The Hall–Kier alpha value is -3.55. The number of rotatable bonds is 11. The zero-order valence-corrected chi connectivity index (χ0v) is 24.4. The van der Waals surface area contributed by atoms with Crippen molar-refractivity contribution in [2.75, 3.05) is 39.9 Å². The number of nitrogens with zero attached hydrogens (tertiary/aromatic N) is 1. The summed E-state index contributed by atoms with van der Waals surface area (Å²) < 4.78 is 19.1. The molecule has 210 valence electrons. The lowest BCUT2D eigenvalue weighted by atomic mass is 10.1. The molecule has 0 spiro atoms. The molecular weight excluding hydrogens is 520 g/mol. The van der Waals surface area contributed by atoms with Gasteiger partial charge in [-0.2, -0.15) is 0 Å². The van der Waals surface area contributed by atoms with E-state index >= 15 is 0 Å². The van der Waals surface area contributed by atoms with Crippen LogP contribution in [0.25, 0.3) is 20.5 Å². The van der Waals surface area contributed by atoms with Gasteiger partial charge in [-0.05, 0) is 92.0 Å². The van der Waals surface area contributed by atoms with E-state index in [1.807, 2.05) is 66.7 Å². The Balaban J connectivity index is 1.34. The van der Waals surface area contributed by atoms with E-state index in [-0.39, 0.29) is 5.91 Å². The van der Waals surface area contributed by atoms with E-state index in [4.69, 9.17) is 14.2 Å². The molecule has 1 aliphatic rings. The van der Waals surface area contributed by atoms with Gasteiger partial charge in [0.05, 0.1) is 12.0 Å². The van der Waals surface area contributed by atoms with E-state index in [0.717, 1.165) is 50.1 Å². The molecule has 1 fully saturated rings. The predicted octanol–water partition coefficient (Wildman–Crippen LogP) is 7.62. The first-order valence-electron chi connectivity index (χ1n) is 14.1. The molecule has 7 heteroatoms. The maximum atomic E-state index is 12.5. The third-order valence-corrected chi connectivity index (χ3v) is 8.28. The molecule has 1 saturated heterocycles. The van der Waals surface area contributed by atoms with Crippen LogP contribution in [0.2, 0.25) is 0 Å². The van der Waals surface area contributed by atoms with Crippen LogP contribution in [0.15, 0.2) is 66.7 Å². The molecule has 0 atom stereocenters. The zero-order valence-electron chi connectivity index (χ0n) is 23.6. The minimum absolute atomic E-state index is 0.0592. The summed E-state index contributed by atoms with van der Waals surface area (Å²) in [6.45, 7) is 8.81. The van der Waals surface area contributed by atoms with Crippen LogP contribution in [0, 0.1) is 5.92 Å². The van der Waals surface area contributed by atoms with Crippen LogP contribution < -0.4 is 19.5 Å². The molecule has 6 nitrogen and oxygen atoms in total. The van der Waals surface area contributed by atoms with Gasteiger partial charge in [-0.25, -0.2) is 0 Å². The van der Waals surface area contributed by atoms with Crippen LogP contribution in [0.4, 0.5) is 0 Å². The lowest BCUT2D eigenvalue weighted by Gasteiger charge is -2.26. The van der Waals surface area contributed by atoms with Crippen molar-refractivity contribution in [3.63, 3.8) is 0 Å². The maximum absolute atomic E-state index is 12.5. The Morgan fingerprint density at radius 2 is 1.62 bits per heavy atom. The second-order valence-electron chi connectivity index (χ2n) is 10.6. The third-order valence-electron chi connectivity index (χ3n) is 7.10. The molecule has 40 heavy (non-hydrogen) atoms. The fraction of sp³-hybridized carbons (Fsp3) is 0.364. The van der Waals surface area contributed by atoms with Crippen molar-refractivity contribution in [2.45, 2.75) is 33.1 Å². The van der Waals surface area contributed by atoms with E-state index in [2.05, 4.69) is 24.1 Å². The standard InChI is InChI=1S/C33H38N2O4S/c1-23(2)22-34-33(36)25-9-7-24(8-10-25)32-31(29-16-15-28(37-3)21-30(29)40-32)39-27-13-11-26(12-14-27)38-20-19-35-17-5-4-6-18-35/h7-16,21,23H,4-6,17-20,22H2,1-3H3,(H,34,36). The third kappa shape index (κ3) is 6.95. The Kier molecular flexibility index (Phi) is 9.24. The summed E-state index contributed by atoms with van der Waals surface area (Å²) in [6, 6.07) is 21.6. The number of amides is 1. The van der Waals surface area contributed by atoms with Gasteiger partial charge in [0, 0.05) is 28.7 Å². The van der Waals surface area contributed by atoms with E-state index in [1.54, 1.807) is 18.4 Å². The second-order valence-corrected chi connectivity index (χ2v) is 11.7. The number of nitrogens with one attached hydrogen (secondary N) is 1. The smallest absolute Gasteiger partial charge is 0.251 e. The van der Waals surface area contributed by atoms with Crippen molar-refractivity contribution >= 4 is 27.3 Å². The molecule has 4 aromatic rings. The highest BCUT2D eigenvalue weighted by Gasteiger charge is 2.18. The summed E-state index contributed by atoms with van der Waals surface area (Å²) in [4.78, 5) is 16.0. The Morgan fingerprint density at radius 3 is 2.33 bits per heavy atom. The van der Waals surface area contributed by atoms with E-state index in [1.165, 1.54) is 32.4 Å². The van der Waals surface area contributed by atoms with E-state index < -0.39 is 0 Å². The van der Waals surface area contributed by atoms with Gasteiger partial charge in [-0.1, -0.05) is 32.4 Å². The first-order chi connectivity index (χ1) is 19.5. The number of hydrogen-bond donors (Lipinski definition) is 1. The number of thiophene rings is 1. The number of methoxy groups -OCH3 is 1. The van der Waals surface area contributed by atoms with Crippen molar-refractivity contribution in [3.8, 4) is 33.4 Å². The topological polar surface area (TPSA) is 60.0 Å². The van der Waals surface area contributed by atoms with Gasteiger partial charge in [0.2, 0.25) is 0 Å². The Labute approximate surface area is 240 Å². The SMILES string of the molecule is COc1ccc2c(Oc3ccc(OCCN4CCCCC4)cc3)c(-c3ccc(C(=O)NCC(C)C)cc3)sc2c1. The van der Waals surface area contributed by atoms with Crippen LogP contribution in [0.3, 0.4) is 0 Å². The summed E-state index contributed by atoms with van der Waals surface area (Å²) in [5.74, 6) is 3.52. The highest BCUT2D eigenvalue weighted by molar-refractivity contribution is 7.22. The minimum Gasteiger partial charge on any atom is -0.497 e. The fourth-order valence-electron chi connectivity index (χ4n) is 4.84. The first kappa shape index (κ1) is 28.0. The van der Waals surface area contributed by atoms with Crippen molar-refractivity contribution < 1.29 is 19.0 Å². The van der Waals surface area contributed by atoms with Crippen LogP contribution in [0.1, 0.15) is 43.5 Å². The molecule has 3 aromatic carbocycles. The summed E-state index contributed by atoms with van der Waals surface area (Å²) in [7, 11) is 1.67. The zero-order chi connectivity index (χ0) is 27.9. The van der Waals surface area contributed by atoms with Gasteiger partial charge < -0.3 is 19.5 Å². The van der Waals surface area contributed by atoms with Gasteiger partial charge in [-0.15, -0.1) is 11.3 Å². The lowest BCUT2D eigenvalue weighted by molar-refractivity contribution is 0.0949. The summed E-state index contributed by atoms with van der Waals surface area (Å²) in [6.07, 6.45) is 3.92. The lowest BCUT2D eigenvalue weighted by Crippen LogP contribution is -2.33. The Morgan fingerprint density at radius 1 is 0.925 bits per heavy atom. The van der Waals surface area contributed by atoms with Gasteiger partial charge in [-0.3, -0.25) is 9.69 Å². The summed E-state index contributed by atoms with van der Waals surface area (Å²) in [5, 5.41) is 4.00. The molecule has 0 saturated carbocycles. The largest absolute Gasteiger partial charge is 0.497 e. The molecule has 0 unspecified atom stereocenters. The fourth-order valence-corrected chi connectivity index (χ4v) is 6.00.